The van der Waals surface area contributed by atoms with Crippen LogP contribution in [0.25, 0.3) is 10.8 Å². The number of hydrogen-bond acceptors (Lipinski definition) is 4. The zero-order chi connectivity index (χ0) is 14.7. The van der Waals surface area contributed by atoms with Gasteiger partial charge in [-0.3, -0.25) is 4.99 Å². The molecule has 0 radical (unpaired) electrons. The molecule has 2 aromatic rings. The van der Waals surface area contributed by atoms with E-state index in [4.69, 9.17) is 0 Å². The van der Waals surface area contributed by atoms with Crippen LogP contribution in [0.5, 0.6) is 0 Å². The van der Waals surface area contributed by atoms with Crippen molar-refractivity contribution in [3.05, 3.63) is 41.5 Å². The van der Waals surface area contributed by atoms with E-state index in [1.807, 2.05) is 37.3 Å². The van der Waals surface area contributed by atoms with E-state index in [1.54, 1.807) is 6.92 Å². The van der Waals surface area contributed by atoms with Crippen LogP contribution in [0, 0.1) is 6.92 Å². The molecule has 2 aromatic carbocycles. The standard InChI is InChI=1S/C15H15NO3S.K/c1-9-8-11-6-4-5-7-12(11)13-14(9)16-10(2)15(13,3)20(17,18)19;/h4-8H,1-3H3,(H,17,18,19);/q;+1/p-1. The normalized spacial score (nSPS) is 20.9. The molecule has 0 saturated heterocycles. The predicted octanol–water partition coefficient (Wildman–Crippen LogP) is 0.0186. The van der Waals surface area contributed by atoms with Gasteiger partial charge in [-0.15, -0.1) is 0 Å². The van der Waals surface area contributed by atoms with Crippen molar-refractivity contribution in [1.29, 1.82) is 0 Å². The van der Waals surface area contributed by atoms with E-state index in [9.17, 15) is 13.0 Å². The molecular formula is C15H14KNO3S. The Morgan fingerprint density at radius 2 is 1.81 bits per heavy atom. The molecule has 0 aliphatic carbocycles. The summed E-state index contributed by atoms with van der Waals surface area (Å²) in [5.74, 6) is 0. The number of aryl methyl sites for hydroxylation is 1. The summed E-state index contributed by atoms with van der Waals surface area (Å²) in [5, 5.41) is 1.69. The van der Waals surface area contributed by atoms with Gasteiger partial charge in [-0.1, -0.05) is 24.3 Å². The molecule has 0 aromatic heterocycles. The van der Waals surface area contributed by atoms with Crippen molar-refractivity contribution in [3.63, 3.8) is 0 Å². The molecule has 104 valence electrons. The van der Waals surface area contributed by atoms with E-state index < -0.39 is 14.9 Å². The first kappa shape index (κ1) is 17.3. The summed E-state index contributed by atoms with van der Waals surface area (Å²) < 4.78 is 34.0. The average Bonchev–Trinajstić information content (AvgIpc) is 2.64. The third-order valence-corrected chi connectivity index (χ3v) is 5.66. The summed E-state index contributed by atoms with van der Waals surface area (Å²) in [6.07, 6.45) is 0. The van der Waals surface area contributed by atoms with Crippen molar-refractivity contribution in [2.24, 2.45) is 4.99 Å². The average molecular weight is 327 g/mol. The zero-order valence-corrected chi connectivity index (χ0v) is 16.4. The third-order valence-electron chi connectivity index (χ3n) is 4.16. The van der Waals surface area contributed by atoms with Gasteiger partial charge in [-0.05, 0) is 43.2 Å². The monoisotopic (exact) mass is 327 g/mol. The molecule has 21 heavy (non-hydrogen) atoms. The molecule has 1 heterocycles. The largest absolute Gasteiger partial charge is 1.00 e. The fourth-order valence-electron chi connectivity index (χ4n) is 2.87. The smallest absolute Gasteiger partial charge is 0.747 e. The summed E-state index contributed by atoms with van der Waals surface area (Å²) in [7, 11) is -4.55. The molecule has 1 aliphatic heterocycles. The van der Waals surface area contributed by atoms with Crippen molar-refractivity contribution in [2.75, 3.05) is 0 Å². The van der Waals surface area contributed by atoms with Crippen LogP contribution in [0.1, 0.15) is 25.0 Å². The molecule has 0 saturated carbocycles. The maximum Gasteiger partial charge on any atom is 1.00 e. The van der Waals surface area contributed by atoms with Gasteiger partial charge in [-0.25, -0.2) is 8.42 Å². The van der Waals surface area contributed by atoms with Crippen molar-refractivity contribution < 1.29 is 64.4 Å². The van der Waals surface area contributed by atoms with Crippen LogP contribution in [0.3, 0.4) is 0 Å². The Labute approximate surface area is 166 Å². The summed E-state index contributed by atoms with van der Waals surface area (Å²) >= 11 is 0. The molecule has 0 spiro atoms. The van der Waals surface area contributed by atoms with Crippen molar-refractivity contribution in [3.8, 4) is 0 Å². The second kappa shape index (κ2) is 5.52. The van der Waals surface area contributed by atoms with E-state index in [0.29, 0.717) is 17.0 Å². The van der Waals surface area contributed by atoms with Gasteiger partial charge in [0.15, 0.2) is 0 Å². The molecule has 0 amide bonds. The minimum Gasteiger partial charge on any atom is -0.747 e. The first-order valence-corrected chi connectivity index (χ1v) is 7.71. The van der Waals surface area contributed by atoms with Crippen molar-refractivity contribution in [2.45, 2.75) is 25.5 Å². The Balaban J connectivity index is 0.00000161. The topological polar surface area (TPSA) is 69.6 Å². The fourth-order valence-corrected chi connectivity index (χ4v) is 3.73. The number of aliphatic imine (C=N–C) groups is 1. The number of hydrogen-bond donors (Lipinski definition) is 0. The van der Waals surface area contributed by atoms with E-state index in [1.165, 1.54) is 6.92 Å². The van der Waals surface area contributed by atoms with Crippen LogP contribution in [0.4, 0.5) is 5.69 Å². The van der Waals surface area contributed by atoms with Gasteiger partial charge >= 0.3 is 51.4 Å². The SMILES string of the molecule is CC1=Nc2c(C)cc3ccccc3c2C1(C)S(=O)(=O)[O-].[K+]. The zero-order valence-electron chi connectivity index (χ0n) is 12.5. The molecule has 0 bridgehead atoms. The number of fused-ring (bicyclic) bond motifs is 3. The second-order valence-electron chi connectivity index (χ2n) is 5.32. The van der Waals surface area contributed by atoms with Gasteiger partial charge in [0.05, 0.1) is 5.69 Å². The van der Waals surface area contributed by atoms with Crippen LogP contribution >= 0.6 is 0 Å². The first-order valence-electron chi connectivity index (χ1n) is 6.31. The number of benzene rings is 2. The van der Waals surface area contributed by atoms with E-state index in [0.717, 1.165) is 16.3 Å². The van der Waals surface area contributed by atoms with Gasteiger partial charge in [0.25, 0.3) is 0 Å². The van der Waals surface area contributed by atoms with Gasteiger partial charge < -0.3 is 4.55 Å². The van der Waals surface area contributed by atoms with Crippen molar-refractivity contribution in [1.82, 2.24) is 0 Å². The third kappa shape index (κ3) is 2.37. The van der Waals surface area contributed by atoms with Gasteiger partial charge in [-0.2, -0.15) is 0 Å². The summed E-state index contributed by atoms with van der Waals surface area (Å²) in [6.45, 7) is 4.93. The van der Waals surface area contributed by atoms with Gasteiger partial charge in [0.2, 0.25) is 0 Å². The summed E-state index contributed by atoms with van der Waals surface area (Å²) in [5.41, 5.74) is 2.34. The molecule has 1 unspecified atom stereocenters. The minimum atomic E-state index is -4.55. The fraction of sp³-hybridized carbons (Fsp3) is 0.267. The first-order chi connectivity index (χ1) is 9.26. The maximum absolute atomic E-state index is 11.8. The Bertz CT molecular complexity index is 874. The Morgan fingerprint density at radius 1 is 1.19 bits per heavy atom. The number of rotatable bonds is 1. The molecule has 1 aliphatic rings. The molecule has 6 heteroatoms. The second-order valence-corrected chi connectivity index (χ2v) is 7.05. The van der Waals surface area contributed by atoms with Crippen LogP contribution in [-0.4, -0.2) is 18.7 Å². The van der Waals surface area contributed by atoms with E-state index in [2.05, 4.69) is 4.99 Å². The van der Waals surface area contributed by atoms with Crippen LogP contribution < -0.4 is 51.4 Å². The molecule has 0 N–H and O–H groups in total. The Kier molecular flexibility index (Phi) is 4.54. The number of nitrogens with zero attached hydrogens (tertiary/aromatic N) is 1. The molecule has 1 atom stereocenters. The van der Waals surface area contributed by atoms with Crippen molar-refractivity contribution >= 4 is 32.3 Å². The quantitative estimate of drug-likeness (QED) is 0.548. The van der Waals surface area contributed by atoms with Gasteiger partial charge in [0.1, 0.15) is 14.9 Å². The minimum absolute atomic E-state index is 0. The summed E-state index contributed by atoms with van der Waals surface area (Å²) in [4.78, 5) is 4.36. The van der Waals surface area contributed by atoms with Gasteiger partial charge in [0, 0.05) is 11.3 Å². The maximum atomic E-state index is 11.8. The molecule has 4 nitrogen and oxygen atoms in total. The molecular weight excluding hydrogens is 313 g/mol. The van der Waals surface area contributed by atoms with Crippen LogP contribution in [-0.2, 0) is 14.9 Å². The Hall–Kier alpha value is -0.0836. The molecule has 3 rings (SSSR count). The van der Waals surface area contributed by atoms with Crippen LogP contribution in [0.15, 0.2) is 35.3 Å². The van der Waals surface area contributed by atoms with Crippen LogP contribution in [0.2, 0.25) is 0 Å². The molecule has 0 fully saturated rings. The summed E-state index contributed by atoms with van der Waals surface area (Å²) in [6, 6.07) is 9.44. The van der Waals surface area contributed by atoms with E-state index >= 15 is 0 Å². The Morgan fingerprint density at radius 3 is 2.43 bits per heavy atom. The predicted molar refractivity (Wildman–Crippen MR) is 78.5 cm³/mol. The van der Waals surface area contributed by atoms with E-state index in [-0.39, 0.29) is 51.4 Å².